The van der Waals surface area contributed by atoms with Crippen LogP contribution in [0, 0.1) is 19.8 Å². The number of halogens is 1. The van der Waals surface area contributed by atoms with E-state index in [1.54, 1.807) is 13.3 Å². The quantitative estimate of drug-likeness (QED) is 0.769. The number of carbonyl (C=O) groups excluding carboxylic acids is 1. The third-order valence-corrected chi connectivity index (χ3v) is 4.58. The van der Waals surface area contributed by atoms with E-state index in [0.29, 0.717) is 18.9 Å². The van der Waals surface area contributed by atoms with E-state index in [2.05, 4.69) is 15.0 Å². The van der Waals surface area contributed by atoms with Gasteiger partial charge in [-0.05, 0) is 13.8 Å². The largest absolute Gasteiger partial charge is 0.496 e. The number of ether oxygens (including phenoxy) is 1. The van der Waals surface area contributed by atoms with E-state index in [0.717, 1.165) is 22.6 Å². The van der Waals surface area contributed by atoms with Crippen molar-refractivity contribution in [2.75, 3.05) is 24.3 Å². The fraction of sp³-hybridized carbons (Fsp3) is 0.412. The molecule has 0 fully saturated rings. The first-order valence-corrected chi connectivity index (χ1v) is 8.17. The van der Waals surface area contributed by atoms with Crippen LogP contribution in [0.3, 0.4) is 0 Å². The van der Waals surface area contributed by atoms with Crippen molar-refractivity contribution >= 4 is 17.7 Å². The van der Waals surface area contributed by atoms with Crippen LogP contribution in [0.1, 0.15) is 34.7 Å². The van der Waals surface area contributed by atoms with Crippen LogP contribution < -0.4 is 21.1 Å². The molecule has 4 N–H and O–H groups in total. The van der Waals surface area contributed by atoms with Gasteiger partial charge < -0.3 is 21.1 Å². The topological polar surface area (TPSA) is 120 Å². The summed E-state index contributed by atoms with van der Waals surface area (Å²) in [5.74, 6) is -0.663. The van der Waals surface area contributed by atoms with Gasteiger partial charge in [-0.25, -0.2) is 0 Å². The first-order valence-electron chi connectivity index (χ1n) is 8.17. The molecule has 1 amide bonds. The van der Waals surface area contributed by atoms with Crippen molar-refractivity contribution < 1.29 is 13.9 Å². The number of amides is 1. The SMILES string of the molecule is COc1c(C)cnc(CN2C[C@H](CC(N)=O)c3c(F)nc(N)nc32)c1C. The van der Waals surface area contributed by atoms with Crippen LogP contribution in [0.4, 0.5) is 16.2 Å². The number of pyridine rings is 1. The zero-order chi connectivity index (χ0) is 19.0. The summed E-state index contributed by atoms with van der Waals surface area (Å²) in [5.41, 5.74) is 13.8. The minimum absolute atomic E-state index is 0.0112. The number of aromatic nitrogens is 3. The monoisotopic (exact) mass is 360 g/mol. The molecule has 1 atom stereocenters. The van der Waals surface area contributed by atoms with E-state index in [-0.39, 0.29) is 17.9 Å². The molecule has 0 saturated heterocycles. The third kappa shape index (κ3) is 3.12. The average Bonchev–Trinajstić information content (AvgIpc) is 2.87. The highest BCUT2D eigenvalue weighted by Gasteiger charge is 2.35. The maximum Gasteiger partial charge on any atom is 0.224 e. The molecule has 1 aliphatic heterocycles. The molecule has 9 heteroatoms. The summed E-state index contributed by atoms with van der Waals surface area (Å²) in [4.78, 5) is 25.5. The summed E-state index contributed by atoms with van der Waals surface area (Å²) in [7, 11) is 1.61. The smallest absolute Gasteiger partial charge is 0.224 e. The minimum Gasteiger partial charge on any atom is -0.496 e. The van der Waals surface area contributed by atoms with Crippen molar-refractivity contribution in [2.24, 2.45) is 5.73 Å². The molecular formula is C17H21FN6O2. The van der Waals surface area contributed by atoms with E-state index in [1.807, 2.05) is 18.7 Å². The maximum absolute atomic E-state index is 14.4. The number of carbonyl (C=O) groups is 1. The fourth-order valence-corrected chi connectivity index (χ4v) is 3.44. The molecule has 0 aliphatic carbocycles. The molecule has 26 heavy (non-hydrogen) atoms. The second-order valence-electron chi connectivity index (χ2n) is 6.40. The van der Waals surface area contributed by atoms with E-state index < -0.39 is 17.8 Å². The molecule has 0 saturated carbocycles. The van der Waals surface area contributed by atoms with Gasteiger partial charge >= 0.3 is 0 Å². The number of hydrogen-bond donors (Lipinski definition) is 2. The van der Waals surface area contributed by atoms with Gasteiger partial charge in [0.1, 0.15) is 11.6 Å². The number of nitrogens with two attached hydrogens (primary N) is 2. The number of hydrogen-bond acceptors (Lipinski definition) is 7. The maximum atomic E-state index is 14.4. The molecule has 0 spiro atoms. The van der Waals surface area contributed by atoms with Crippen molar-refractivity contribution in [3.05, 3.63) is 34.5 Å². The normalized spacial score (nSPS) is 15.8. The molecular weight excluding hydrogens is 339 g/mol. The van der Waals surface area contributed by atoms with Gasteiger partial charge in [-0.1, -0.05) is 0 Å². The van der Waals surface area contributed by atoms with Gasteiger partial charge in [0.05, 0.1) is 24.9 Å². The lowest BCUT2D eigenvalue weighted by Crippen LogP contribution is -2.25. The molecule has 0 radical (unpaired) electrons. The van der Waals surface area contributed by atoms with Crippen LogP contribution in [0.5, 0.6) is 5.75 Å². The molecule has 3 heterocycles. The Morgan fingerprint density at radius 1 is 1.42 bits per heavy atom. The fourth-order valence-electron chi connectivity index (χ4n) is 3.44. The highest BCUT2D eigenvalue weighted by Crippen LogP contribution is 2.39. The number of methoxy groups -OCH3 is 1. The van der Waals surface area contributed by atoms with Crippen molar-refractivity contribution in [1.29, 1.82) is 0 Å². The van der Waals surface area contributed by atoms with Gasteiger partial charge in [0, 0.05) is 36.2 Å². The lowest BCUT2D eigenvalue weighted by molar-refractivity contribution is -0.118. The predicted molar refractivity (Wildman–Crippen MR) is 94.3 cm³/mol. The minimum atomic E-state index is -0.715. The van der Waals surface area contributed by atoms with Crippen molar-refractivity contribution in [3.63, 3.8) is 0 Å². The van der Waals surface area contributed by atoms with E-state index in [4.69, 9.17) is 16.2 Å². The van der Waals surface area contributed by atoms with Crippen LogP contribution in [-0.2, 0) is 11.3 Å². The molecule has 8 nitrogen and oxygen atoms in total. The van der Waals surface area contributed by atoms with Crippen molar-refractivity contribution in [3.8, 4) is 5.75 Å². The highest BCUT2D eigenvalue weighted by atomic mass is 19.1. The van der Waals surface area contributed by atoms with E-state index >= 15 is 0 Å². The first-order chi connectivity index (χ1) is 12.3. The molecule has 2 aromatic heterocycles. The Kier molecular flexibility index (Phi) is 4.62. The van der Waals surface area contributed by atoms with E-state index in [1.165, 1.54) is 0 Å². The number of anilines is 2. The summed E-state index contributed by atoms with van der Waals surface area (Å²) in [6.07, 6.45) is 1.74. The highest BCUT2D eigenvalue weighted by molar-refractivity contribution is 5.76. The van der Waals surface area contributed by atoms with Crippen LogP contribution in [0.15, 0.2) is 6.20 Å². The summed E-state index contributed by atoms with van der Waals surface area (Å²) in [6.45, 7) is 4.59. The molecule has 2 aromatic rings. The second kappa shape index (κ2) is 6.74. The number of aryl methyl sites for hydroxylation is 1. The number of fused-ring (bicyclic) bond motifs is 1. The first kappa shape index (κ1) is 17.8. The Bertz CT molecular complexity index is 873. The van der Waals surface area contributed by atoms with Crippen molar-refractivity contribution in [2.45, 2.75) is 32.7 Å². The number of nitrogen functional groups attached to an aromatic ring is 1. The van der Waals surface area contributed by atoms with Gasteiger partial charge in [0.2, 0.25) is 17.8 Å². The van der Waals surface area contributed by atoms with Crippen LogP contribution in [-0.4, -0.2) is 34.5 Å². The second-order valence-corrected chi connectivity index (χ2v) is 6.40. The van der Waals surface area contributed by atoms with Gasteiger partial charge in [0.15, 0.2) is 0 Å². The number of rotatable bonds is 5. The molecule has 0 aromatic carbocycles. The molecule has 0 unspecified atom stereocenters. The molecule has 1 aliphatic rings. The van der Waals surface area contributed by atoms with Gasteiger partial charge in [-0.2, -0.15) is 14.4 Å². The molecule has 3 rings (SSSR count). The Hall–Kier alpha value is -2.97. The molecule has 138 valence electrons. The zero-order valence-electron chi connectivity index (χ0n) is 14.9. The summed E-state index contributed by atoms with van der Waals surface area (Å²) in [5, 5.41) is 0. The molecule has 0 bridgehead atoms. The Morgan fingerprint density at radius 2 is 2.15 bits per heavy atom. The third-order valence-electron chi connectivity index (χ3n) is 4.58. The summed E-state index contributed by atoms with van der Waals surface area (Å²) >= 11 is 0. The lowest BCUT2D eigenvalue weighted by atomic mass is 10.00. The standard InChI is InChI=1S/C17H21FN6O2/c1-8-5-21-11(9(2)14(8)26-3)7-24-6-10(4-12(19)25)13-15(18)22-17(20)23-16(13)24/h5,10H,4,6-7H2,1-3H3,(H2,19,25)(H2,20,22,23)/t10-/m0/s1. The predicted octanol–water partition coefficient (Wildman–Crippen LogP) is 1.20. The van der Waals surface area contributed by atoms with Gasteiger partial charge in [-0.3, -0.25) is 9.78 Å². The van der Waals surface area contributed by atoms with Crippen LogP contribution >= 0.6 is 0 Å². The number of nitrogens with zero attached hydrogens (tertiary/aromatic N) is 4. The lowest BCUT2D eigenvalue weighted by Gasteiger charge is -2.21. The van der Waals surface area contributed by atoms with Crippen LogP contribution in [0.25, 0.3) is 0 Å². The summed E-state index contributed by atoms with van der Waals surface area (Å²) < 4.78 is 19.8. The average molecular weight is 360 g/mol. The van der Waals surface area contributed by atoms with Gasteiger partial charge in [-0.15, -0.1) is 0 Å². The summed E-state index contributed by atoms with van der Waals surface area (Å²) in [6, 6.07) is 0. The van der Waals surface area contributed by atoms with Gasteiger partial charge in [0.25, 0.3) is 0 Å². The number of primary amides is 1. The van der Waals surface area contributed by atoms with Crippen LogP contribution in [0.2, 0.25) is 0 Å². The van der Waals surface area contributed by atoms with Crippen molar-refractivity contribution in [1.82, 2.24) is 15.0 Å². The Morgan fingerprint density at radius 3 is 2.81 bits per heavy atom. The Balaban J connectivity index is 1.99. The zero-order valence-corrected chi connectivity index (χ0v) is 14.9. The Labute approximate surface area is 150 Å². The van der Waals surface area contributed by atoms with E-state index in [9.17, 15) is 9.18 Å².